The Balaban J connectivity index is 2.38. The largest absolute Gasteiger partial charge is 0.444 e. The Morgan fingerprint density at radius 3 is 2.29 bits per heavy atom. The fourth-order valence-corrected chi connectivity index (χ4v) is 3.64. The molecule has 0 aliphatic carbocycles. The molecule has 0 aliphatic rings. The van der Waals surface area contributed by atoms with Gasteiger partial charge in [-0.3, -0.25) is 10.1 Å². The lowest BCUT2D eigenvalue weighted by Crippen LogP contribution is -2.27. The van der Waals surface area contributed by atoms with E-state index in [1.165, 1.54) is 24.3 Å². The summed E-state index contributed by atoms with van der Waals surface area (Å²) in [6.45, 7) is 8.19. The number of carbonyl (C=O) groups excluding carboxylic acids is 2. The van der Waals surface area contributed by atoms with Gasteiger partial charge in [0.05, 0.1) is 21.8 Å². The number of amides is 2. The molecular formula is C22H24F3N3O5S. The molecule has 0 spiro atoms. The zero-order valence-corrected chi connectivity index (χ0v) is 19.4. The summed E-state index contributed by atoms with van der Waals surface area (Å²) in [5, 5.41) is 4.59. The van der Waals surface area contributed by atoms with E-state index in [-0.39, 0.29) is 28.4 Å². The van der Waals surface area contributed by atoms with Crippen molar-refractivity contribution in [2.24, 2.45) is 0 Å². The predicted octanol–water partition coefficient (Wildman–Crippen LogP) is 4.77. The molecule has 0 bridgehead atoms. The van der Waals surface area contributed by atoms with Crippen LogP contribution in [0.15, 0.2) is 60.0 Å². The molecule has 0 heterocycles. The van der Waals surface area contributed by atoms with Gasteiger partial charge in [0.15, 0.2) is 0 Å². The highest BCUT2D eigenvalue weighted by atomic mass is 32.2. The lowest BCUT2D eigenvalue weighted by Gasteiger charge is -2.21. The van der Waals surface area contributed by atoms with Gasteiger partial charge in [-0.2, -0.15) is 13.2 Å². The number of halogens is 3. The highest BCUT2D eigenvalue weighted by Crippen LogP contribution is 2.34. The van der Waals surface area contributed by atoms with Crippen LogP contribution in [0.5, 0.6) is 0 Å². The van der Waals surface area contributed by atoms with Crippen molar-refractivity contribution in [2.75, 3.05) is 17.2 Å². The SMILES string of the molecule is C=CCNS(=O)(=O)c1cccc(C(=O)Nc2cc(C(F)(F)F)ccc2NC(=O)OC(C)(C)C)c1. The van der Waals surface area contributed by atoms with Crippen LogP contribution in [-0.4, -0.2) is 32.6 Å². The third-order valence-corrected chi connectivity index (χ3v) is 5.48. The standard InChI is InChI=1S/C22H24F3N3O5S/c1-5-11-26-34(31,32)16-8-6-7-14(12-16)19(29)27-18-13-15(22(23,24)25)9-10-17(18)28-20(30)33-21(2,3)4/h5-10,12-13,26H,1,11H2,2-4H3,(H,27,29)(H,28,30). The minimum atomic E-state index is -4.71. The monoisotopic (exact) mass is 499 g/mol. The summed E-state index contributed by atoms with van der Waals surface area (Å²) < 4.78 is 71.6. The molecule has 2 aromatic rings. The van der Waals surface area contributed by atoms with E-state index in [1.54, 1.807) is 20.8 Å². The lowest BCUT2D eigenvalue weighted by atomic mass is 10.1. The van der Waals surface area contributed by atoms with Gasteiger partial charge < -0.3 is 10.1 Å². The number of rotatable bonds is 7. The van der Waals surface area contributed by atoms with E-state index in [2.05, 4.69) is 21.9 Å². The summed E-state index contributed by atoms with van der Waals surface area (Å²) in [4.78, 5) is 24.7. The van der Waals surface area contributed by atoms with Crippen molar-refractivity contribution in [3.05, 3.63) is 66.2 Å². The van der Waals surface area contributed by atoms with Gasteiger partial charge in [0.2, 0.25) is 10.0 Å². The highest BCUT2D eigenvalue weighted by molar-refractivity contribution is 7.89. The topological polar surface area (TPSA) is 114 Å². The van der Waals surface area contributed by atoms with E-state index in [1.807, 2.05) is 0 Å². The van der Waals surface area contributed by atoms with E-state index in [0.29, 0.717) is 6.07 Å². The first-order valence-electron chi connectivity index (χ1n) is 9.85. The number of carbonyl (C=O) groups is 2. The Morgan fingerprint density at radius 1 is 1.03 bits per heavy atom. The Hall–Kier alpha value is -3.38. The van der Waals surface area contributed by atoms with Gasteiger partial charge in [0.1, 0.15) is 5.60 Å². The van der Waals surface area contributed by atoms with Crippen LogP contribution >= 0.6 is 0 Å². The smallest absolute Gasteiger partial charge is 0.416 e. The van der Waals surface area contributed by atoms with Crippen LogP contribution in [0.3, 0.4) is 0 Å². The Kier molecular flexibility index (Phi) is 8.11. The number of ether oxygens (including phenoxy) is 1. The molecule has 2 aromatic carbocycles. The average molecular weight is 500 g/mol. The normalized spacial score (nSPS) is 12.1. The molecular weight excluding hydrogens is 475 g/mol. The zero-order valence-electron chi connectivity index (χ0n) is 18.6. The van der Waals surface area contributed by atoms with Crippen LogP contribution in [0.25, 0.3) is 0 Å². The van der Waals surface area contributed by atoms with E-state index < -0.39 is 39.4 Å². The number of anilines is 2. The van der Waals surface area contributed by atoms with Gasteiger partial charge in [-0.1, -0.05) is 12.1 Å². The molecule has 8 nitrogen and oxygen atoms in total. The molecule has 0 saturated carbocycles. The number of nitrogens with one attached hydrogen (secondary N) is 3. The second-order valence-corrected chi connectivity index (χ2v) is 9.77. The molecule has 0 unspecified atom stereocenters. The first-order valence-corrected chi connectivity index (χ1v) is 11.3. The van der Waals surface area contributed by atoms with E-state index in [9.17, 15) is 31.2 Å². The maximum absolute atomic E-state index is 13.2. The molecule has 0 fully saturated rings. The van der Waals surface area contributed by atoms with Crippen LogP contribution in [-0.2, 0) is 20.9 Å². The van der Waals surface area contributed by atoms with E-state index in [0.717, 1.165) is 18.2 Å². The minimum absolute atomic E-state index is 0.0390. The number of benzene rings is 2. The van der Waals surface area contributed by atoms with Gasteiger partial charge in [-0.25, -0.2) is 17.9 Å². The van der Waals surface area contributed by atoms with Gasteiger partial charge in [0, 0.05) is 12.1 Å². The molecule has 3 N–H and O–H groups in total. The Bertz CT molecular complexity index is 1190. The molecule has 0 saturated heterocycles. The van der Waals surface area contributed by atoms with E-state index in [4.69, 9.17) is 4.74 Å². The van der Waals surface area contributed by atoms with Crippen LogP contribution in [0, 0.1) is 0 Å². The molecule has 2 rings (SSSR count). The van der Waals surface area contributed by atoms with Crippen molar-refractivity contribution in [2.45, 2.75) is 37.4 Å². The molecule has 0 aromatic heterocycles. The number of alkyl halides is 3. The summed E-state index contributed by atoms with van der Waals surface area (Å²) in [7, 11) is -3.94. The number of hydrogen-bond donors (Lipinski definition) is 3. The van der Waals surface area contributed by atoms with Crippen LogP contribution in [0.1, 0.15) is 36.7 Å². The minimum Gasteiger partial charge on any atom is -0.444 e. The van der Waals surface area contributed by atoms with Crippen molar-refractivity contribution >= 4 is 33.4 Å². The van der Waals surface area contributed by atoms with Gasteiger partial charge in [-0.15, -0.1) is 6.58 Å². The van der Waals surface area contributed by atoms with E-state index >= 15 is 0 Å². The van der Waals surface area contributed by atoms with Crippen molar-refractivity contribution in [3.63, 3.8) is 0 Å². The van der Waals surface area contributed by atoms with Gasteiger partial charge >= 0.3 is 12.3 Å². The third-order valence-electron chi connectivity index (χ3n) is 4.05. The molecule has 0 atom stereocenters. The van der Waals surface area contributed by atoms with Crippen LogP contribution in [0.4, 0.5) is 29.3 Å². The van der Waals surface area contributed by atoms with Crippen molar-refractivity contribution < 1.29 is 35.9 Å². The van der Waals surface area contributed by atoms with Crippen LogP contribution in [0.2, 0.25) is 0 Å². The zero-order chi connectivity index (χ0) is 25.7. The molecule has 12 heteroatoms. The molecule has 0 aliphatic heterocycles. The summed E-state index contributed by atoms with van der Waals surface area (Å²) in [6, 6.07) is 7.28. The summed E-state index contributed by atoms with van der Waals surface area (Å²) in [5.74, 6) is -0.896. The summed E-state index contributed by atoms with van der Waals surface area (Å²) in [6.07, 6.45) is -4.32. The maximum atomic E-state index is 13.2. The van der Waals surface area contributed by atoms with Gasteiger partial charge in [-0.05, 0) is 57.2 Å². The van der Waals surface area contributed by atoms with Gasteiger partial charge in [0.25, 0.3) is 5.91 Å². The van der Waals surface area contributed by atoms with Crippen molar-refractivity contribution in [1.82, 2.24) is 4.72 Å². The first-order chi connectivity index (χ1) is 15.6. The van der Waals surface area contributed by atoms with Crippen molar-refractivity contribution in [3.8, 4) is 0 Å². The fraction of sp³-hybridized carbons (Fsp3) is 0.273. The average Bonchev–Trinajstić information content (AvgIpc) is 2.71. The highest BCUT2D eigenvalue weighted by Gasteiger charge is 2.31. The number of hydrogen-bond acceptors (Lipinski definition) is 5. The van der Waals surface area contributed by atoms with Crippen LogP contribution < -0.4 is 15.4 Å². The molecule has 34 heavy (non-hydrogen) atoms. The quantitative estimate of drug-likeness (QED) is 0.475. The molecule has 184 valence electrons. The second-order valence-electron chi connectivity index (χ2n) is 8.01. The third kappa shape index (κ3) is 7.59. The summed E-state index contributed by atoms with van der Waals surface area (Å²) >= 11 is 0. The Morgan fingerprint density at radius 2 is 1.71 bits per heavy atom. The first kappa shape index (κ1) is 26.9. The Labute approximate surface area is 195 Å². The molecule has 0 radical (unpaired) electrons. The fourth-order valence-electron chi connectivity index (χ4n) is 2.60. The van der Waals surface area contributed by atoms with Crippen molar-refractivity contribution in [1.29, 1.82) is 0 Å². The predicted molar refractivity (Wildman–Crippen MR) is 121 cm³/mol. The summed E-state index contributed by atoms with van der Waals surface area (Å²) in [5.41, 5.74) is -2.58. The lowest BCUT2D eigenvalue weighted by molar-refractivity contribution is -0.137. The number of sulfonamides is 1. The molecule has 2 amide bonds. The maximum Gasteiger partial charge on any atom is 0.416 e. The second kappa shape index (κ2) is 10.3.